The number of hydrogen-bond acceptors (Lipinski definition) is 4. The minimum absolute atomic E-state index is 0.0170. The molecule has 0 saturated carbocycles. The number of rotatable bonds is 15. The second-order valence-corrected chi connectivity index (χ2v) is 8.74. The summed E-state index contributed by atoms with van der Waals surface area (Å²) >= 11 is 1.21. The maximum atomic E-state index is 12.5. The van der Waals surface area contributed by atoms with Crippen molar-refractivity contribution < 1.29 is 19.4 Å². The molecule has 5 heteroatoms. The zero-order chi connectivity index (χ0) is 23.0. The van der Waals surface area contributed by atoms with Crippen LogP contribution in [0.2, 0.25) is 0 Å². The monoisotopic (exact) mass is 454 g/mol. The van der Waals surface area contributed by atoms with Gasteiger partial charge in [-0.1, -0.05) is 87.9 Å². The molecule has 2 rings (SSSR count). The van der Waals surface area contributed by atoms with E-state index in [-0.39, 0.29) is 5.12 Å². The molecule has 4 nitrogen and oxygen atoms in total. The molecule has 0 aromatic heterocycles. The standard InChI is InChI=1S/C27H34O4S/c1-2-3-4-5-6-7-8-11-20-31-25-17-14-23(15-18-25)27(30)32-21-24-13-10-9-12-22(24)16-19-26(28)29/h9-10,12-19H,2-8,11,20-21H2,1H3,(H,28,29)/b19-16+. The lowest BCUT2D eigenvalue weighted by atomic mass is 10.1. The zero-order valence-corrected chi connectivity index (χ0v) is 19.7. The third-order valence-corrected chi connectivity index (χ3v) is 6.13. The van der Waals surface area contributed by atoms with Crippen LogP contribution in [0, 0.1) is 0 Å². The first-order valence-corrected chi connectivity index (χ1v) is 12.5. The van der Waals surface area contributed by atoms with Crippen LogP contribution in [-0.4, -0.2) is 22.8 Å². The average molecular weight is 455 g/mol. The van der Waals surface area contributed by atoms with Gasteiger partial charge in [-0.15, -0.1) is 0 Å². The Hall–Kier alpha value is -2.53. The molecule has 32 heavy (non-hydrogen) atoms. The first kappa shape index (κ1) is 25.7. The molecule has 0 fully saturated rings. The van der Waals surface area contributed by atoms with Crippen molar-refractivity contribution in [2.45, 2.75) is 64.0 Å². The Bertz CT molecular complexity index is 858. The molecule has 0 aliphatic heterocycles. The minimum atomic E-state index is -0.992. The topological polar surface area (TPSA) is 63.6 Å². The second-order valence-electron chi connectivity index (χ2n) is 7.79. The number of ether oxygens (including phenoxy) is 1. The molecule has 0 heterocycles. The van der Waals surface area contributed by atoms with E-state index < -0.39 is 5.97 Å². The third-order valence-electron chi connectivity index (χ3n) is 5.18. The van der Waals surface area contributed by atoms with E-state index in [9.17, 15) is 9.59 Å². The molecular formula is C27H34O4S. The summed E-state index contributed by atoms with van der Waals surface area (Å²) in [5.74, 6) is 0.280. The van der Waals surface area contributed by atoms with E-state index in [0.29, 0.717) is 17.9 Å². The molecule has 0 aliphatic carbocycles. The molecular weight excluding hydrogens is 420 g/mol. The van der Waals surface area contributed by atoms with E-state index >= 15 is 0 Å². The highest BCUT2D eigenvalue weighted by Crippen LogP contribution is 2.23. The average Bonchev–Trinajstić information content (AvgIpc) is 2.81. The van der Waals surface area contributed by atoms with Crippen molar-refractivity contribution >= 4 is 28.9 Å². The number of aliphatic carboxylic acids is 1. The predicted octanol–water partition coefficient (Wildman–Crippen LogP) is 7.38. The highest BCUT2D eigenvalue weighted by Gasteiger charge is 2.09. The van der Waals surface area contributed by atoms with Gasteiger partial charge in [0.2, 0.25) is 5.12 Å². The number of carboxylic acids is 1. The molecule has 0 atom stereocenters. The molecule has 0 radical (unpaired) electrons. The lowest BCUT2D eigenvalue weighted by Crippen LogP contribution is -1.99. The number of hydrogen-bond donors (Lipinski definition) is 1. The van der Waals surface area contributed by atoms with E-state index in [2.05, 4.69) is 6.92 Å². The minimum Gasteiger partial charge on any atom is -0.494 e. The molecule has 0 aliphatic rings. The molecule has 0 amide bonds. The van der Waals surface area contributed by atoms with Crippen molar-refractivity contribution in [3.63, 3.8) is 0 Å². The Labute approximate surface area is 196 Å². The summed E-state index contributed by atoms with van der Waals surface area (Å²) in [6, 6.07) is 14.8. The maximum Gasteiger partial charge on any atom is 0.328 e. The summed E-state index contributed by atoms with van der Waals surface area (Å²) in [7, 11) is 0. The Morgan fingerprint density at radius 3 is 2.25 bits per heavy atom. The molecule has 172 valence electrons. The molecule has 0 unspecified atom stereocenters. The smallest absolute Gasteiger partial charge is 0.328 e. The van der Waals surface area contributed by atoms with Gasteiger partial charge in [0.05, 0.1) is 6.61 Å². The Balaban J connectivity index is 1.72. The van der Waals surface area contributed by atoms with Crippen LogP contribution in [0.5, 0.6) is 5.75 Å². The lowest BCUT2D eigenvalue weighted by Gasteiger charge is -2.08. The number of benzene rings is 2. The number of carbonyl (C=O) groups is 2. The van der Waals surface area contributed by atoms with Gasteiger partial charge in [-0.05, 0) is 47.9 Å². The lowest BCUT2D eigenvalue weighted by molar-refractivity contribution is -0.131. The van der Waals surface area contributed by atoms with Crippen molar-refractivity contribution in [3.05, 3.63) is 71.3 Å². The Kier molecular flexibility index (Phi) is 12.3. The van der Waals surface area contributed by atoms with Gasteiger partial charge in [0.1, 0.15) is 5.75 Å². The van der Waals surface area contributed by atoms with Crippen molar-refractivity contribution in [3.8, 4) is 5.75 Å². The Morgan fingerprint density at radius 1 is 0.906 bits per heavy atom. The van der Waals surface area contributed by atoms with Crippen molar-refractivity contribution in [2.75, 3.05) is 6.61 Å². The normalized spacial score (nSPS) is 11.0. The van der Waals surface area contributed by atoms with E-state index in [0.717, 1.165) is 29.4 Å². The largest absolute Gasteiger partial charge is 0.494 e. The fraction of sp³-hybridized carbons (Fsp3) is 0.407. The highest BCUT2D eigenvalue weighted by molar-refractivity contribution is 8.13. The fourth-order valence-corrected chi connectivity index (χ4v) is 4.18. The molecule has 1 N–H and O–H groups in total. The van der Waals surface area contributed by atoms with E-state index in [1.54, 1.807) is 18.2 Å². The van der Waals surface area contributed by atoms with Gasteiger partial charge in [-0.2, -0.15) is 0 Å². The molecule has 0 bridgehead atoms. The third kappa shape index (κ3) is 10.2. The van der Waals surface area contributed by atoms with E-state index in [1.165, 1.54) is 56.7 Å². The first-order chi connectivity index (χ1) is 15.6. The van der Waals surface area contributed by atoms with Gasteiger partial charge in [-0.25, -0.2) is 4.79 Å². The summed E-state index contributed by atoms with van der Waals surface area (Å²) in [6.45, 7) is 2.95. The predicted molar refractivity (Wildman–Crippen MR) is 133 cm³/mol. The zero-order valence-electron chi connectivity index (χ0n) is 18.9. The van der Waals surface area contributed by atoms with Gasteiger partial charge < -0.3 is 9.84 Å². The molecule has 2 aromatic carbocycles. The van der Waals surface area contributed by atoms with Gasteiger partial charge in [0.15, 0.2) is 0 Å². The van der Waals surface area contributed by atoms with Crippen molar-refractivity contribution in [2.24, 2.45) is 0 Å². The fourth-order valence-electron chi connectivity index (χ4n) is 3.33. The van der Waals surface area contributed by atoms with Gasteiger partial charge in [-0.3, -0.25) is 4.79 Å². The summed E-state index contributed by atoms with van der Waals surface area (Å²) in [6.07, 6.45) is 12.8. The highest BCUT2D eigenvalue weighted by atomic mass is 32.2. The maximum absolute atomic E-state index is 12.5. The van der Waals surface area contributed by atoms with Crippen LogP contribution < -0.4 is 4.74 Å². The van der Waals surface area contributed by atoms with Gasteiger partial charge >= 0.3 is 5.97 Å². The quantitative estimate of drug-likeness (QED) is 0.225. The summed E-state index contributed by atoms with van der Waals surface area (Å²) in [4.78, 5) is 23.3. The molecule has 2 aromatic rings. The number of unbranched alkanes of at least 4 members (excludes halogenated alkanes) is 7. The van der Waals surface area contributed by atoms with Crippen molar-refractivity contribution in [1.82, 2.24) is 0 Å². The summed E-state index contributed by atoms with van der Waals surface area (Å²) in [5, 5.41) is 8.81. The van der Waals surface area contributed by atoms with Crippen LogP contribution in [0.3, 0.4) is 0 Å². The first-order valence-electron chi connectivity index (χ1n) is 11.5. The van der Waals surface area contributed by atoms with Crippen LogP contribution in [-0.2, 0) is 10.5 Å². The number of carboxylic acid groups (broad SMARTS) is 1. The molecule has 0 spiro atoms. The van der Waals surface area contributed by atoms with Crippen LogP contribution in [0.25, 0.3) is 6.08 Å². The molecule has 0 saturated heterocycles. The van der Waals surface area contributed by atoms with Crippen LogP contribution in [0.4, 0.5) is 0 Å². The van der Waals surface area contributed by atoms with Gasteiger partial charge in [0.25, 0.3) is 0 Å². The van der Waals surface area contributed by atoms with E-state index in [4.69, 9.17) is 9.84 Å². The number of thioether (sulfide) groups is 1. The van der Waals surface area contributed by atoms with Gasteiger partial charge in [0, 0.05) is 17.4 Å². The van der Waals surface area contributed by atoms with Crippen LogP contribution >= 0.6 is 11.8 Å². The SMILES string of the molecule is CCCCCCCCCCOc1ccc(C(=O)SCc2ccccc2/C=C/C(=O)O)cc1. The summed E-state index contributed by atoms with van der Waals surface area (Å²) < 4.78 is 5.80. The second kappa shape index (κ2) is 15.3. The number of carbonyl (C=O) groups excluding carboxylic acids is 1. The van der Waals surface area contributed by atoms with Crippen molar-refractivity contribution in [1.29, 1.82) is 0 Å². The van der Waals surface area contributed by atoms with Crippen LogP contribution in [0.15, 0.2) is 54.6 Å². The Morgan fingerprint density at radius 2 is 1.56 bits per heavy atom. The van der Waals surface area contributed by atoms with Crippen LogP contribution in [0.1, 0.15) is 79.8 Å². The van der Waals surface area contributed by atoms with E-state index in [1.807, 2.05) is 36.4 Å². The summed E-state index contributed by atoms with van der Waals surface area (Å²) in [5.41, 5.74) is 2.36.